The summed E-state index contributed by atoms with van der Waals surface area (Å²) in [5.41, 5.74) is 0. The number of ether oxygens (including phenoxy) is 2. The van der Waals surface area contributed by atoms with E-state index in [0.717, 1.165) is 38.3 Å². The second kappa shape index (κ2) is 10.7. The highest BCUT2D eigenvalue weighted by atomic mass is 35.5. The number of thiophene rings is 1. The molecule has 1 saturated heterocycles. The van der Waals surface area contributed by atoms with Crippen molar-refractivity contribution in [2.24, 2.45) is 0 Å². The first-order chi connectivity index (χ1) is 13.2. The van der Waals surface area contributed by atoms with Crippen LogP contribution in [0.25, 0.3) is 0 Å². The standard InChI is InChI=1S/C20H25ClN2O3S/c21-16-5-7-17(8-6-16)26-11-9-22-20(24)15-23(13-18-3-1-10-25-18)14-19-4-2-12-27-19/h2,4-8,12,18H,1,3,9-11,13-15H2,(H,22,24)/t18-/m0/s1. The van der Waals surface area contributed by atoms with Gasteiger partial charge in [-0.05, 0) is 48.6 Å². The van der Waals surface area contributed by atoms with Crippen molar-refractivity contribution in [3.8, 4) is 5.75 Å². The monoisotopic (exact) mass is 408 g/mol. The van der Waals surface area contributed by atoms with Gasteiger partial charge in [0.2, 0.25) is 5.91 Å². The first-order valence-corrected chi connectivity index (χ1v) is 10.5. The molecule has 1 atom stereocenters. The van der Waals surface area contributed by atoms with Crippen LogP contribution in [0.2, 0.25) is 5.02 Å². The van der Waals surface area contributed by atoms with Crippen molar-refractivity contribution in [1.82, 2.24) is 10.2 Å². The summed E-state index contributed by atoms with van der Waals surface area (Å²) in [4.78, 5) is 15.8. The topological polar surface area (TPSA) is 50.8 Å². The van der Waals surface area contributed by atoms with Crippen LogP contribution in [0.15, 0.2) is 41.8 Å². The first kappa shape index (κ1) is 20.1. The molecule has 1 aliphatic heterocycles. The van der Waals surface area contributed by atoms with E-state index in [1.165, 1.54) is 4.88 Å². The number of hydrogen-bond donors (Lipinski definition) is 1. The number of rotatable bonds is 10. The summed E-state index contributed by atoms with van der Waals surface area (Å²) in [7, 11) is 0. The summed E-state index contributed by atoms with van der Waals surface area (Å²) in [6, 6.07) is 11.3. The van der Waals surface area contributed by atoms with Gasteiger partial charge in [0.1, 0.15) is 12.4 Å². The average Bonchev–Trinajstić information content (AvgIpc) is 3.34. The van der Waals surface area contributed by atoms with Crippen molar-refractivity contribution < 1.29 is 14.3 Å². The second-order valence-corrected chi connectivity index (χ2v) is 8.01. The first-order valence-electron chi connectivity index (χ1n) is 9.20. The lowest BCUT2D eigenvalue weighted by Gasteiger charge is -2.24. The smallest absolute Gasteiger partial charge is 0.234 e. The number of hydrogen-bond acceptors (Lipinski definition) is 5. The Kier molecular flexibility index (Phi) is 7.95. The lowest BCUT2D eigenvalue weighted by Crippen LogP contribution is -2.41. The summed E-state index contributed by atoms with van der Waals surface area (Å²) in [6.45, 7) is 3.63. The predicted molar refractivity (Wildman–Crippen MR) is 109 cm³/mol. The Balaban J connectivity index is 1.41. The fraction of sp³-hybridized carbons (Fsp3) is 0.450. The van der Waals surface area contributed by atoms with E-state index < -0.39 is 0 Å². The van der Waals surface area contributed by atoms with Crippen molar-refractivity contribution in [1.29, 1.82) is 0 Å². The zero-order valence-corrected chi connectivity index (χ0v) is 16.8. The van der Waals surface area contributed by atoms with Gasteiger partial charge in [0, 0.05) is 29.6 Å². The van der Waals surface area contributed by atoms with E-state index in [4.69, 9.17) is 21.1 Å². The fourth-order valence-corrected chi connectivity index (χ4v) is 3.91. The van der Waals surface area contributed by atoms with Crippen LogP contribution in [-0.4, -0.2) is 49.8 Å². The molecule has 27 heavy (non-hydrogen) atoms. The lowest BCUT2D eigenvalue weighted by atomic mass is 10.2. The summed E-state index contributed by atoms with van der Waals surface area (Å²) < 4.78 is 11.3. The molecule has 1 aromatic heterocycles. The fourth-order valence-electron chi connectivity index (χ4n) is 3.03. The highest BCUT2D eigenvalue weighted by Crippen LogP contribution is 2.17. The maximum atomic E-state index is 12.3. The van der Waals surface area contributed by atoms with E-state index in [-0.39, 0.29) is 12.0 Å². The molecule has 5 nitrogen and oxygen atoms in total. The number of halogens is 1. The summed E-state index contributed by atoms with van der Waals surface area (Å²) in [5.74, 6) is 0.746. The molecule has 0 unspecified atom stereocenters. The third-order valence-corrected chi connectivity index (χ3v) is 5.43. The maximum Gasteiger partial charge on any atom is 0.234 e. The molecule has 7 heteroatoms. The van der Waals surface area contributed by atoms with Crippen LogP contribution < -0.4 is 10.1 Å². The minimum atomic E-state index is 0.00394. The Morgan fingerprint density at radius 1 is 1.33 bits per heavy atom. The number of amides is 1. The van der Waals surface area contributed by atoms with Gasteiger partial charge in [-0.3, -0.25) is 9.69 Å². The Morgan fingerprint density at radius 2 is 2.19 bits per heavy atom. The van der Waals surface area contributed by atoms with E-state index in [0.29, 0.717) is 24.7 Å². The highest BCUT2D eigenvalue weighted by Gasteiger charge is 2.21. The molecule has 3 rings (SSSR count). The van der Waals surface area contributed by atoms with Crippen LogP contribution in [0.1, 0.15) is 17.7 Å². The maximum absolute atomic E-state index is 12.3. The number of carbonyl (C=O) groups is 1. The number of carbonyl (C=O) groups excluding carboxylic acids is 1. The van der Waals surface area contributed by atoms with Crippen LogP contribution in [-0.2, 0) is 16.1 Å². The van der Waals surface area contributed by atoms with Gasteiger partial charge < -0.3 is 14.8 Å². The average molecular weight is 409 g/mol. The molecule has 146 valence electrons. The molecule has 1 fully saturated rings. The lowest BCUT2D eigenvalue weighted by molar-refractivity contribution is -0.122. The van der Waals surface area contributed by atoms with Crippen LogP contribution in [0, 0.1) is 0 Å². The molecule has 1 N–H and O–H groups in total. The molecule has 2 aromatic rings. The van der Waals surface area contributed by atoms with E-state index in [1.807, 2.05) is 18.2 Å². The van der Waals surface area contributed by atoms with Gasteiger partial charge in [-0.25, -0.2) is 0 Å². The third kappa shape index (κ3) is 7.14. The van der Waals surface area contributed by atoms with Gasteiger partial charge in [-0.15, -0.1) is 11.3 Å². The third-order valence-electron chi connectivity index (χ3n) is 4.32. The minimum absolute atomic E-state index is 0.00394. The largest absolute Gasteiger partial charge is 0.492 e. The zero-order valence-electron chi connectivity index (χ0n) is 15.2. The van der Waals surface area contributed by atoms with E-state index in [2.05, 4.69) is 21.7 Å². The van der Waals surface area contributed by atoms with Crippen molar-refractivity contribution in [2.75, 3.05) is 32.8 Å². The van der Waals surface area contributed by atoms with Crippen molar-refractivity contribution in [3.63, 3.8) is 0 Å². The Hall–Kier alpha value is -1.60. The van der Waals surface area contributed by atoms with E-state index >= 15 is 0 Å². The van der Waals surface area contributed by atoms with Gasteiger partial charge in [-0.2, -0.15) is 0 Å². The molecular formula is C20H25ClN2O3S. The molecule has 0 spiro atoms. The molecule has 1 aliphatic rings. The van der Waals surface area contributed by atoms with Gasteiger partial charge in [0.05, 0.1) is 19.2 Å². The van der Waals surface area contributed by atoms with Gasteiger partial charge in [0.15, 0.2) is 0 Å². The molecular weight excluding hydrogens is 384 g/mol. The highest BCUT2D eigenvalue weighted by molar-refractivity contribution is 7.09. The molecule has 2 heterocycles. The summed E-state index contributed by atoms with van der Waals surface area (Å²) >= 11 is 7.56. The second-order valence-electron chi connectivity index (χ2n) is 6.54. The van der Waals surface area contributed by atoms with Crippen molar-refractivity contribution in [3.05, 3.63) is 51.7 Å². The Bertz CT molecular complexity index is 688. The molecule has 0 radical (unpaired) electrons. The molecule has 0 saturated carbocycles. The Labute approximate surface area is 169 Å². The van der Waals surface area contributed by atoms with E-state index in [1.54, 1.807) is 23.5 Å². The number of benzene rings is 1. The van der Waals surface area contributed by atoms with Crippen molar-refractivity contribution in [2.45, 2.75) is 25.5 Å². The molecule has 1 aromatic carbocycles. The number of nitrogens with one attached hydrogen (secondary N) is 1. The van der Waals surface area contributed by atoms with Crippen LogP contribution >= 0.6 is 22.9 Å². The zero-order chi connectivity index (χ0) is 18.9. The SMILES string of the molecule is O=C(CN(Cc1cccs1)C[C@@H]1CCCO1)NCCOc1ccc(Cl)cc1. The van der Waals surface area contributed by atoms with Gasteiger partial charge in [0.25, 0.3) is 0 Å². The van der Waals surface area contributed by atoms with Gasteiger partial charge >= 0.3 is 0 Å². The van der Waals surface area contributed by atoms with Crippen molar-refractivity contribution >= 4 is 28.8 Å². The minimum Gasteiger partial charge on any atom is -0.492 e. The summed E-state index contributed by atoms with van der Waals surface area (Å²) in [5, 5.41) is 5.67. The quantitative estimate of drug-likeness (QED) is 0.610. The number of nitrogens with zero attached hydrogens (tertiary/aromatic N) is 1. The normalized spacial score (nSPS) is 16.6. The predicted octanol–water partition coefficient (Wildman–Crippen LogP) is 3.58. The van der Waals surface area contributed by atoms with Gasteiger partial charge in [-0.1, -0.05) is 17.7 Å². The van der Waals surface area contributed by atoms with Crippen LogP contribution in [0.5, 0.6) is 5.75 Å². The molecule has 1 amide bonds. The van der Waals surface area contributed by atoms with Crippen LogP contribution in [0.3, 0.4) is 0 Å². The van der Waals surface area contributed by atoms with E-state index in [9.17, 15) is 4.79 Å². The van der Waals surface area contributed by atoms with Crippen LogP contribution in [0.4, 0.5) is 0 Å². The Morgan fingerprint density at radius 3 is 2.89 bits per heavy atom. The molecule has 0 bridgehead atoms. The molecule has 0 aliphatic carbocycles. The summed E-state index contributed by atoms with van der Waals surface area (Å²) in [6.07, 6.45) is 2.40.